The van der Waals surface area contributed by atoms with Gasteiger partial charge in [0.2, 0.25) is 5.96 Å². The van der Waals surface area contributed by atoms with Gasteiger partial charge in [-0.15, -0.1) is 18.3 Å². The van der Waals surface area contributed by atoms with E-state index in [1.165, 1.54) is 48.8 Å². The monoisotopic (exact) mass is 501 g/mol. The molecule has 0 aliphatic rings. The van der Waals surface area contributed by atoms with E-state index in [9.17, 15) is 21.6 Å². The molecule has 4 aromatic rings. The molecule has 1 aromatic heterocycles. The molecule has 3 aromatic carbocycles. The van der Waals surface area contributed by atoms with E-state index < -0.39 is 16.4 Å². The second kappa shape index (κ2) is 9.14. The van der Waals surface area contributed by atoms with Crippen LogP contribution in [-0.2, 0) is 10.0 Å². The first-order chi connectivity index (χ1) is 16.5. The number of rotatable bonds is 6. The summed E-state index contributed by atoms with van der Waals surface area (Å²) in [5.41, 5.74) is 12.6. The van der Waals surface area contributed by atoms with E-state index in [1.807, 2.05) is 0 Å². The van der Waals surface area contributed by atoms with Crippen LogP contribution in [0.1, 0.15) is 5.56 Å². The molecule has 180 valence electrons. The number of benzene rings is 3. The summed E-state index contributed by atoms with van der Waals surface area (Å²) in [5.74, 6) is -0.628. The summed E-state index contributed by atoms with van der Waals surface area (Å²) in [6.45, 7) is 0. The molecule has 4 rings (SSSR count). The van der Waals surface area contributed by atoms with Crippen LogP contribution in [0.25, 0.3) is 22.0 Å². The highest BCUT2D eigenvalue weighted by Gasteiger charge is 2.31. The van der Waals surface area contributed by atoms with Gasteiger partial charge in [-0.2, -0.15) is 5.10 Å². The molecule has 8 nitrogen and oxygen atoms in total. The molecule has 0 saturated carbocycles. The van der Waals surface area contributed by atoms with Crippen molar-refractivity contribution in [1.29, 1.82) is 0 Å². The zero-order valence-corrected chi connectivity index (χ0v) is 18.7. The summed E-state index contributed by atoms with van der Waals surface area (Å²) < 4.78 is 69.0. The quantitative estimate of drug-likeness (QED) is 0.234. The number of nitrogens with zero attached hydrogens (tertiary/aromatic N) is 3. The molecule has 0 fully saturated rings. The third-order valence-electron chi connectivity index (χ3n) is 4.89. The molecular weight excluding hydrogens is 483 g/mol. The number of alkyl halides is 3. The number of halogens is 3. The van der Waals surface area contributed by atoms with Crippen molar-refractivity contribution in [3.8, 4) is 16.9 Å². The zero-order chi connectivity index (χ0) is 25.2. The van der Waals surface area contributed by atoms with Gasteiger partial charge in [-0.3, -0.25) is 0 Å². The molecule has 0 atom stereocenters. The SMILES string of the molecule is NC(N)=N/N=C/c1cn(S(=O)(=O)c2ccccc2)c2ccc(-c3ccc(OC(F)(F)F)cc3)cc12. The molecule has 12 heteroatoms. The van der Waals surface area contributed by atoms with Crippen LogP contribution in [0, 0.1) is 0 Å². The van der Waals surface area contributed by atoms with Crippen molar-refractivity contribution < 1.29 is 26.3 Å². The van der Waals surface area contributed by atoms with Crippen LogP contribution in [0.3, 0.4) is 0 Å². The van der Waals surface area contributed by atoms with Gasteiger partial charge in [-0.1, -0.05) is 36.4 Å². The summed E-state index contributed by atoms with van der Waals surface area (Å²) in [6.07, 6.45) is -2.09. The largest absolute Gasteiger partial charge is 0.573 e. The predicted molar refractivity (Wildman–Crippen MR) is 126 cm³/mol. The molecule has 0 saturated heterocycles. The van der Waals surface area contributed by atoms with Crippen molar-refractivity contribution in [3.05, 3.63) is 84.6 Å². The summed E-state index contributed by atoms with van der Waals surface area (Å²) in [6, 6.07) is 18.2. The van der Waals surface area contributed by atoms with E-state index in [0.29, 0.717) is 27.6 Å². The van der Waals surface area contributed by atoms with Gasteiger partial charge >= 0.3 is 6.36 Å². The lowest BCUT2D eigenvalue weighted by Crippen LogP contribution is -2.21. The van der Waals surface area contributed by atoms with Crippen LogP contribution in [0.2, 0.25) is 0 Å². The first kappa shape index (κ1) is 23.8. The molecule has 0 amide bonds. The second-order valence-electron chi connectivity index (χ2n) is 7.27. The average molecular weight is 501 g/mol. The van der Waals surface area contributed by atoms with Gasteiger partial charge in [0, 0.05) is 17.1 Å². The molecule has 35 heavy (non-hydrogen) atoms. The van der Waals surface area contributed by atoms with Crippen LogP contribution in [0.5, 0.6) is 5.75 Å². The van der Waals surface area contributed by atoms with Crippen molar-refractivity contribution in [2.24, 2.45) is 21.7 Å². The molecule has 0 aliphatic carbocycles. The Morgan fingerprint density at radius 2 is 1.60 bits per heavy atom. The number of aromatic nitrogens is 1. The maximum absolute atomic E-state index is 13.3. The van der Waals surface area contributed by atoms with Crippen LogP contribution in [-0.4, -0.2) is 30.9 Å². The van der Waals surface area contributed by atoms with Gasteiger partial charge in [-0.05, 0) is 47.5 Å². The summed E-state index contributed by atoms with van der Waals surface area (Å²) in [7, 11) is -3.94. The smallest absolute Gasteiger partial charge is 0.406 e. The van der Waals surface area contributed by atoms with E-state index in [2.05, 4.69) is 14.9 Å². The summed E-state index contributed by atoms with van der Waals surface area (Å²) in [5, 5.41) is 7.85. The number of hydrogen-bond acceptors (Lipinski definition) is 5. The highest BCUT2D eigenvalue weighted by molar-refractivity contribution is 7.90. The fourth-order valence-electron chi connectivity index (χ4n) is 3.42. The minimum atomic E-state index is -4.79. The maximum Gasteiger partial charge on any atom is 0.573 e. The minimum absolute atomic E-state index is 0.0916. The third-order valence-corrected chi connectivity index (χ3v) is 6.58. The average Bonchev–Trinajstić information content (AvgIpc) is 3.17. The molecule has 0 bridgehead atoms. The fourth-order valence-corrected chi connectivity index (χ4v) is 4.82. The first-order valence-corrected chi connectivity index (χ1v) is 11.4. The molecular formula is C23H18F3N5O3S. The van der Waals surface area contributed by atoms with Crippen molar-refractivity contribution >= 4 is 33.1 Å². The molecule has 0 spiro atoms. The van der Waals surface area contributed by atoms with Gasteiger partial charge in [0.1, 0.15) is 5.75 Å². The highest BCUT2D eigenvalue weighted by atomic mass is 32.2. The van der Waals surface area contributed by atoms with Gasteiger partial charge in [0.05, 0.1) is 16.6 Å². The summed E-state index contributed by atoms with van der Waals surface area (Å²) >= 11 is 0. The lowest BCUT2D eigenvalue weighted by Gasteiger charge is -2.10. The van der Waals surface area contributed by atoms with E-state index in [-0.39, 0.29) is 16.6 Å². The van der Waals surface area contributed by atoms with Crippen LogP contribution < -0.4 is 16.2 Å². The predicted octanol–water partition coefficient (Wildman–Crippen LogP) is 4.05. The lowest BCUT2D eigenvalue weighted by atomic mass is 10.0. The van der Waals surface area contributed by atoms with Gasteiger partial charge in [0.25, 0.3) is 10.0 Å². The van der Waals surface area contributed by atoms with E-state index in [0.717, 1.165) is 3.97 Å². The number of fused-ring (bicyclic) bond motifs is 1. The third kappa shape index (κ3) is 5.27. The minimum Gasteiger partial charge on any atom is -0.406 e. The van der Waals surface area contributed by atoms with Crippen molar-refractivity contribution in [3.63, 3.8) is 0 Å². The van der Waals surface area contributed by atoms with E-state index >= 15 is 0 Å². The Labute approximate surface area is 198 Å². The Balaban J connectivity index is 1.83. The molecule has 1 heterocycles. The van der Waals surface area contributed by atoms with E-state index in [1.54, 1.807) is 36.4 Å². The standard InChI is InChI=1S/C23H18F3N5O3S/c24-23(25,26)34-18-9-6-15(7-10-18)16-8-11-21-20(12-16)17(13-29-30-22(27)28)14-31(21)35(32,33)19-4-2-1-3-5-19/h1-14H,(H4,27,28,30)/b29-13+. The van der Waals surface area contributed by atoms with Gasteiger partial charge in [-0.25, -0.2) is 12.4 Å². The summed E-state index contributed by atoms with van der Waals surface area (Å²) in [4.78, 5) is 0.0916. The lowest BCUT2D eigenvalue weighted by molar-refractivity contribution is -0.274. The van der Waals surface area contributed by atoms with Crippen molar-refractivity contribution in [2.45, 2.75) is 11.3 Å². The van der Waals surface area contributed by atoms with Crippen LogP contribution in [0.4, 0.5) is 13.2 Å². The number of nitrogens with two attached hydrogens (primary N) is 2. The zero-order valence-electron chi connectivity index (χ0n) is 17.8. The van der Waals surface area contributed by atoms with Crippen molar-refractivity contribution in [2.75, 3.05) is 0 Å². The highest BCUT2D eigenvalue weighted by Crippen LogP contribution is 2.31. The number of guanidine groups is 1. The topological polar surface area (TPSA) is 125 Å². The normalized spacial score (nSPS) is 12.2. The maximum atomic E-state index is 13.3. The number of hydrogen-bond donors (Lipinski definition) is 2. The molecule has 0 radical (unpaired) electrons. The van der Waals surface area contributed by atoms with Gasteiger partial charge in [0.15, 0.2) is 0 Å². The molecule has 4 N–H and O–H groups in total. The Hall–Kier alpha value is -4.32. The second-order valence-corrected chi connectivity index (χ2v) is 9.09. The fraction of sp³-hybridized carbons (Fsp3) is 0.0435. The Morgan fingerprint density at radius 1 is 0.943 bits per heavy atom. The van der Waals surface area contributed by atoms with Gasteiger partial charge < -0.3 is 16.2 Å². The van der Waals surface area contributed by atoms with Crippen LogP contribution in [0.15, 0.2) is 94.1 Å². The number of ether oxygens (including phenoxy) is 1. The Bertz CT molecular complexity index is 1520. The first-order valence-electron chi connectivity index (χ1n) is 9.98. The Morgan fingerprint density at radius 3 is 2.23 bits per heavy atom. The van der Waals surface area contributed by atoms with E-state index in [4.69, 9.17) is 11.5 Å². The molecule has 0 aliphatic heterocycles. The van der Waals surface area contributed by atoms with Crippen molar-refractivity contribution in [1.82, 2.24) is 3.97 Å². The molecule has 0 unspecified atom stereocenters. The Kier molecular flexibility index (Phi) is 6.22. The van der Waals surface area contributed by atoms with Crippen LogP contribution >= 0.6 is 0 Å².